The first-order valence-corrected chi connectivity index (χ1v) is 9.39. The average molecular weight is 418 g/mol. The number of hydrogen-bond donors (Lipinski definition) is 1. The van der Waals surface area contributed by atoms with Gasteiger partial charge in [0.25, 0.3) is 0 Å². The third kappa shape index (κ3) is 5.56. The molecule has 1 N–H and O–H groups in total. The number of rotatable bonds is 7. The van der Waals surface area contributed by atoms with Crippen molar-refractivity contribution >= 4 is 33.4 Å². The van der Waals surface area contributed by atoms with E-state index in [-0.39, 0.29) is 10.5 Å². The summed E-state index contributed by atoms with van der Waals surface area (Å²) in [5.74, 6) is -4.11. The van der Waals surface area contributed by atoms with Crippen molar-refractivity contribution in [2.75, 3.05) is 6.61 Å². The molecule has 6 nitrogen and oxygen atoms in total. The summed E-state index contributed by atoms with van der Waals surface area (Å²) in [6.07, 6.45) is 0. The Morgan fingerprint density at radius 2 is 1.74 bits per heavy atom. The van der Waals surface area contributed by atoms with E-state index in [9.17, 15) is 26.8 Å². The van der Waals surface area contributed by atoms with Gasteiger partial charge < -0.3 is 4.74 Å². The number of nitrogens with one attached hydrogen (secondary N) is 1. The van der Waals surface area contributed by atoms with Crippen LogP contribution in [0.25, 0.3) is 0 Å². The van der Waals surface area contributed by atoms with Gasteiger partial charge in [-0.3, -0.25) is 9.59 Å². The van der Waals surface area contributed by atoms with E-state index in [4.69, 9.17) is 16.3 Å². The summed E-state index contributed by atoms with van der Waals surface area (Å²) in [6.45, 7) is 0.481. The molecule has 0 heterocycles. The molecule has 0 saturated carbocycles. The fourth-order valence-electron chi connectivity index (χ4n) is 1.98. The van der Waals surface area contributed by atoms with Gasteiger partial charge in [0.1, 0.15) is 6.04 Å². The number of ether oxygens (including phenoxy) is 1. The second-order valence-corrected chi connectivity index (χ2v) is 7.61. The number of Topliss-reactive ketones (excluding diaryl/α,β-unsaturated/α-hetero) is 1. The highest BCUT2D eigenvalue weighted by molar-refractivity contribution is 7.89. The van der Waals surface area contributed by atoms with Crippen LogP contribution in [0, 0.1) is 11.6 Å². The first-order valence-electron chi connectivity index (χ1n) is 7.53. The van der Waals surface area contributed by atoms with Crippen LogP contribution in [0.15, 0.2) is 47.4 Å². The third-order valence-electron chi connectivity index (χ3n) is 3.40. The summed E-state index contributed by atoms with van der Waals surface area (Å²) in [7, 11) is -4.01. The Kier molecular flexibility index (Phi) is 6.63. The van der Waals surface area contributed by atoms with Crippen LogP contribution in [0.4, 0.5) is 8.78 Å². The molecular weight excluding hydrogens is 404 g/mol. The van der Waals surface area contributed by atoms with E-state index >= 15 is 0 Å². The van der Waals surface area contributed by atoms with E-state index < -0.39 is 46.1 Å². The van der Waals surface area contributed by atoms with Gasteiger partial charge in [-0.1, -0.05) is 11.6 Å². The molecule has 2 aromatic carbocycles. The molecule has 0 saturated heterocycles. The summed E-state index contributed by atoms with van der Waals surface area (Å²) in [4.78, 5) is 23.7. The smallest absolute Gasteiger partial charge is 0.324 e. The second-order valence-electron chi connectivity index (χ2n) is 5.46. The molecule has 0 aliphatic carbocycles. The van der Waals surface area contributed by atoms with Gasteiger partial charge in [-0.05, 0) is 49.4 Å². The van der Waals surface area contributed by atoms with Gasteiger partial charge in [0.15, 0.2) is 24.0 Å². The fourth-order valence-corrected chi connectivity index (χ4v) is 3.30. The molecule has 2 rings (SSSR count). The van der Waals surface area contributed by atoms with Crippen LogP contribution in [0.2, 0.25) is 5.02 Å². The quantitative estimate of drug-likeness (QED) is 0.552. The van der Waals surface area contributed by atoms with Crippen LogP contribution in [0.3, 0.4) is 0 Å². The molecule has 0 bridgehead atoms. The molecule has 0 amide bonds. The van der Waals surface area contributed by atoms with Gasteiger partial charge in [-0.2, -0.15) is 4.72 Å². The predicted octanol–water partition coefficient (Wildman–Crippen LogP) is 2.71. The summed E-state index contributed by atoms with van der Waals surface area (Å²) < 4.78 is 57.2. The van der Waals surface area contributed by atoms with E-state index in [2.05, 4.69) is 4.72 Å². The number of sulfonamides is 1. The Bertz CT molecular complexity index is 964. The molecule has 1 atom stereocenters. The number of halogens is 3. The topological polar surface area (TPSA) is 89.5 Å². The molecule has 0 radical (unpaired) electrons. The zero-order valence-electron chi connectivity index (χ0n) is 13.9. The summed E-state index contributed by atoms with van der Waals surface area (Å²) >= 11 is 5.69. The predicted molar refractivity (Wildman–Crippen MR) is 92.9 cm³/mol. The van der Waals surface area contributed by atoms with Crippen molar-refractivity contribution in [3.63, 3.8) is 0 Å². The van der Waals surface area contributed by atoms with Crippen LogP contribution in [0.1, 0.15) is 17.3 Å². The number of hydrogen-bond acceptors (Lipinski definition) is 5. The number of benzene rings is 2. The SMILES string of the molecule is CC(NS(=O)(=O)c1ccc(Cl)cc1)C(=O)OCC(=O)c1ccc(F)c(F)c1. The monoisotopic (exact) mass is 417 g/mol. The lowest BCUT2D eigenvalue weighted by atomic mass is 10.1. The van der Waals surface area contributed by atoms with Gasteiger partial charge in [0, 0.05) is 10.6 Å². The molecular formula is C17H14ClF2NO5S. The Hall–Kier alpha value is -2.36. The van der Waals surface area contributed by atoms with Crippen molar-refractivity contribution < 1.29 is 31.5 Å². The lowest BCUT2D eigenvalue weighted by Gasteiger charge is -2.13. The lowest BCUT2D eigenvalue weighted by molar-refractivity contribution is -0.144. The molecule has 144 valence electrons. The highest BCUT2D eigenvalue weighted by Crippen LogP contribution is 2.14. The lowest BCUT2D eigenvalue weighted by Crippen LogP contribution is -2.40. The normalized spacial score (nSPS) is 12.4. The number of carbonyl (C=O) groups is 2. The molecule has 0 aliphatic rings. The maximum Gasteiger partial charge on any atom is 0.324 e. The van der Waals surface area contributed by atoms with Gasteiger partial charge in [-0.15, -0.1) is 0 Å². The Balaban J connectivity index is 1.95. The number of carbonyl (C=O) groups excluding carboxylic acids is 2. The largest absolute Gasteiger partial charge is 0.456 e. The van der Waals surface area contributed by atoms with E-state index in [1.807, 2.05) is 0 Å². The van der Waals surface area contributed by atoms with Crippen LogP contribution in [0.5, 0.6) is 0 Å². The second kappa shape index (κ2) is 8.55. The standard InChI is InChI=1S/C17H14ClF2NO5S/c1-10(21-27(24,25)13-5-3-12(18)4-6-13)17(23)26-9-16(22)11-2-7-14(19)15(20)8-11/h2-8,10,21H,9H2,1H3. The van der Waals surface area contributed by atoms with Crippen LogP contribution >= 0.6 is 11.6 Å². The van der Waals surface area contributed by atoms with Crippen molar-refractivity contribution in [1.29, 1.82) is 0 Å². The van der Waals surface area contributed by atoms with E-state index in [1.165, 1.54) is 31.2 Å². The fraction of sp³-hybridized carbons (Fsp3) is 0.176. The van der Waals surface area contributed by atoms with Gasteiger partial charge in [0.05, 0.1) is 4.90 Å². The maximum atomic E-state index is 13.1. The van der Waals surface area contributed by atoms with Gasteiger partial charge in [-0.25, -0.2) is 17.2 Å². The molecule has 0 aliphatic heterocycles. The zero-order chi connectivity index (χ0) is 20.2. The Morgan fingerprint density at radius 3 is 2.33 bits per heavy atom. The highest BCUT2D eigenvalue weighted by Gasteiger charge is 2.24. The van der Waals surface area contributed by atoms with E-state index in [1.54, 1.807) is 0 Å². The van der Waals surface area contributed by atoms with E-state index in [0.717, 1.165) is 12.1 Å². The molecule has 2 aromatic rings. The first-order chi connectivity index (χ1) is 12.6. The minimum atomic E-state index is -4.01. The first kappa shape index (κ1) is 20.9. The summed E-state index contributed by atoms with van der Waals surface area (Å²) in [5, 5.41) is 0.345. The van der Waals surface area contributed by atoms with Crippen LogP contribution in [-0.2, 0) is 19.6 Å². The minimum Gasteiger partial charge on any atom is -0.456 e. The molecule has 0 fully saturated rings. The number of esters is 1. The van der Waals surface area contributed by atoms with Crippen molar-refractivity contribution in [2.45, 2.75) is 17.9 Å². The van der Waals surface area contributed by atoms with Crippen molar-refractivity contribution in [2.24, 2.45) is 0 Å². The zero-order valence-corrected chi connectivity index (χ0v) is 15.5. The Labute approximate surface area is 159 Å². The van der Waals surface area contributed by atoms with Crippen molar-refractivity contribution in [1.82, 2.24) is 4.72 Å². The Morgan fingerprint density at radius 1 is 1.11 bits per heavy atom. The molecule has 27 heavy (non-hydrogen) atoms. The van der Waals surface area contributed by atoms with Crippen molar-refractivity contribution in [3.05, 3.63) is 64.7 Å². The average Bonchev–Trinajstić information content (AvgIpc) is 2.61. The maximum absolute atomic E-state index is 13.1. The molecule has 10 heteroatoms. The van der Waals surface area contributed by atoms with Gasteiger partial charge >= 0.3 is 5.97 Å². The minimum absolute atomic E-state index is 0.107. The van der Waals surface area contributed by atoms with Gasteiger partial charge in [0.2, 0.25) is 10.0 Å². The highest BCUT2D eigenvalue weighted by atomic mass is 35.5. The van der Waals surface area contributed by atoms with Crippen LogP contribution < -0.4 is 4.72 Å². The molecule has 0 aromatic heterocycles. The summed E-state index contributed by atoms with van der Waals surface area (Å²) in [6, 6.07) is 6.47. The van der Waals surface area contributed by atoms with Crippen molar-refractivity contribution in [3.8, 4) is 0 Å². The molecule has 1 unspecified atom stereocenters. The molecule has 0 spiro atoms. The van der Waals surface area contributed by atoms with Crippen LogP contribution in [-0.4, -0.2) is 32.8 Å². The van der Waals surface area contributed by atoms with E-state index in [0.29, 0.717) is 11.1 Å². The summed E-state index contributed by atoms with van der Waals surface area (Å²) in [5.41, 5.74) is -0.184. The third-order valence-corrected chi connectivity index (χ3v) is 5.21. The number of ketones is 1.